The number of amides is 1. The van der Waals surface area contributed by atoms with Crippen molar-refractivity contribution in [2.24, 2.45) is 0 Å². The molecule has 0 saturated heterocycles. The standard InChI is InChI=1S/C15H9FINO2/c16-10-2-3-11(12(17)7-10)15(20)8-1-4-13-9(5-8)6-14(19)18-13/h1-5,7H,6H2,(H,18,19). The van der Waals surface area contributed by atoms with Crippen LogP contribution in [0.1, 0.15) is 21.5 Å². The highest BCUT2D eigenvalue weighted by molar-refractivity contribution is 14.1. The molecule has 0 atom stereocenters. The van der Waals surface area contributed by atoms with E-state index in [1.807, 2.05) is 22.6 Å². The molecule has 3 rings (SSSR count). The number of hydrogen-bond donors (Lipinski definition) is 1. The van der Waals surface area contributed by atoms with Crippen LogP contribution in [0.2, 0.25) is 0 Å². The van der Waals surface area contributed by atoms with E-state index in [-0.39, 0.29) is 23.9 Å². The monoisotopic (exact) mass is 381 g/mol. The van der Waals surface area contributed by atoms with Crippen LogP contribution in [0.4, 0.5) is 10.1 Å². The first-order valence-corrected chi connectivity index (χ1v) is 7.05. The Balaban J connectivity index is 1.99. The second-order valence-electron chi connectivity index (χ2n) is 4.55. The van der Waals surface area contributed by atoms with Crippen molar-refractivity contribution in [1.82, 2.24) is 0 Å². The van der Waals surface area contributed by atoms with Crippen LogP contribution in [-0.2, 0) is 11.2 Å². The van der Waals surface area contributed by atoms with Gasteiger partial charge in [0, 0.05) is 20.4 Å². The third-order valence-electron chi connectivity index (χ3n) is 3.17. The minimum atomic E-state index is -0.366. The maximum absolute atomic E-state index is 13.1. The number of anilines is 1. The van der Waals surface area contributed by atoms with Crippen molar-refractivity contribution in [2.45, 2.75) is 6.42 Å². The quantitative estimate of drug-likeness (QED) is 0.642. The number of ketones is 1. The number of hydrogen-bond acceptors (Lipinski definition) is 2. The minimum Gasteiger partial charge on any atom is -0.326 e. The lowest BCUT2D eigenvalue weighted by Gasteiger charge is -2.06. The molecule has 0 unspecified atom stereocenters. The van der Waals surface area contributed by atoms with Crippen LogP contribution in [-0.4, -0.2) is 11.7 Å². The molecule has 0 aromatic heterocycles. The largest absolute Gasteiger partial charge is 0.326 e. The SMILES string of the molecule is O=C1Cc2cc(C(=O)c3ccc(F)cc3I)ccc2N1. The molecule has 1 aliphatic rings. The average molecular weight is 381 g/mol. The molecule has 100 valence electrons. The summed E-state index contributed by atoms with van der Waals surface area (Å²) in [7, 11) is 0. The number of carbonyl (C=O) groups excluding carboxylic acids is 2. The maximum Gasteiger partial charge on any atom is 0.228 e. The van der Waals surface area contributed by atoms with Crippen LogP contribution in [0, 0.1) is 9.39 Å². The van der Waals surface area contributed by atoms with E-state index in [0.717, 1.165) is 11.3 Å². The molecular weight excluding hydrogens is 372 g/mol. The molecule has 0 aliphatic carbocycles. The maximum atomic E-state index is 13.1. The number of halogens is 2. The Bertz CT molecular complexity index is 743. The van der Waals surface area contributed by atoms with E-state index in [0.29, 0.717) is 14.7 Å². The van der Waals surface area contributed by atoms with Gasteiger partial charge in [-0.05, 0) is 64.6 Å². The molecule has 0 spiro atoms. The lowest BCUT2D eigenvalue weighted by atomic mass is 10.0. The van der Waals surface area contributed by atoms with Crippen molar-refractivity contribution in [1.29, 1.82) is 0 Å². The van der Waals surface area contributed by atoms with Gasteiger partial charge in [-0.15, -0.1) is 0 Å². The van der Waals surface area contributed by atoms with Crippen molar-refractivity contribution >= 4 is 40.0 Å². The van der Waals surface area contributed by atoms with Crippen LogP contribution in [0.5, 0.6) is 0 Å². The summed E-state index contributed by atoms with van der Waals surface area (Å²) in [6.45, 7) is 0. The fourth-order valence-corrected chi connectivity index (χ4v) is 2.92. The van der Waals surface area contributed by atoms with Crippen LogP contribution in [0.15, 0.2) is 36.4 Å². The van der Waals surface area contributed by atoms with E-state index in [4.69, 9.17) is 0 Å². The Kier molecular flexibility index (Phi) is 3.29. The van der Waals surface area contributed by atoms with Gasteiger partial charge in [-0.2, -0.15) is 0 Å². The Morgan fingerprint density at radius 2 is 2.00 bits per heavy atom. The molecule has 0 bridgehead atoms. The predicted octanol–water partition coefficient (Wildman–Crippen LogP) is 3.16. The third kappa shape index (κ3) is 2.33. The number of nitrogens with one attached hydrogen (secondary N) is 1. The smallest absolute Gasteiger partial charge is 0.228 e. The lowest BCUT2D eigenvalue weighted by Crippen LogP contribution is -2.04. The molecule has 20 heavy (non-hydrogen) atoms. The highest BCUT2D eigenvalue weighted by Gasteiger charge is 2.20. The Labute approximate surface area is 128 Å². The van der Waals surface area contributed by atoms with Gasteiger partial charge < -0.3 is 5.32 Å². The van der Waals surface area contributed by atoms with E-state index in [2.05, 4.69) is 5.32 Å². The lowest BCUT2D eigenvalue weighted by molar-refractivity contribution is -0.115. The van der Waals surface area contributed by atoms with Gasteiger partial charge in [0.05, 0.1) is 6.42 Å². The summed E-state index contributed by atoms with van der Waals surface area (Å²) in [4.78, 5) is 23.7. The van der Waals surface area contributed by atoms with E-state index in [9.17, 15) is 14.0 Å². The molecule has 2 aromatic rings. The third-order valence-corrected chi connectivity index (χ3v) is 4.06. The molecule has 1 amide bonds. The van der Waals surface area contributed by atoms with E-state index in [1.165, 1.54) is 18.2 Å². The second-order valence-corrected chi connectivity index (χ2v) is 5.71. The highest BCUT2D eigenvalue weighted by atomic mass is 127. The number of fused-ring (bicyclic) bond motifs is 1. The highest BCUT2D eigenvalue weighted by Crippen LogP contribution is 2.26. The first kappa shape index (κ1) is 13.2. The first-order valence-electron chi connectivity index (χ1n) is 5.97. The summed E-state index contributed by atoms with van der Waals surface area (Å²) in [5.41, 5.74) is 2.53. The predicted molar refractivity (Wildman–Crippen MR) is 81.3 cm³/mol. The molecule has 3 nitrogen and oxygen atoms in total. The van der Waals surface area contributed by atoms with Crippen molar-refractivity contribution in [2.75, 3.05) is 5.32 Å². The molecule has 0 fully saturated rings. The zero-order valence-electron chi connectivity index (χ0n) is 10.2. The van der Waals surface area contributed by atoms with Gasteiger partial charge in [0.25, 0.3) is 0 Å². The fourth-order valence-electron chi connectivity index (χ4n) is 2.20. The van der Waals surface area contributed by atoms with Crippen molar-refractivity contribution in [3.05, 3.63) is 62.5 Å². The van der Waals surface area contributed by atoms with E-state index < -0.39 is 0 Å². The van der Waals surface area contributed by atoms with Gasteiger partial charge in [-0.1, -0.05) is 0 Å². The zero-order chi connectivity index (χ0) is 14.3. The summed E-state index contributed by atoms with van der Waals surface area (Å²) in [5, 5.41) is 2.72. The van der Waals surface area contributed by atoms with Crippen molar-refractivity contribution < 1.29 is 14.0 Å². The summed E-state index contributed by atoms with van der Waals surface area (Å²) < 4.78 is 13.6. The molecule has 2 aromatic carbocycles. The molecule has 1 aliphatic heterocycles. The van der Waals surface area contributed by atoms with Gasteiger partial charge in [-0.25, -0.2) is 4.39 Å². The molecule has 0 saturated carbocycles. The number of carbonyl (C=O) groups is 2. The van der Waals surface area contributed by atoms with Crippen molar-refractivity contribution in [3.8, 4) is 0 Å². The Morgan fingerprint density at radius 1 is 1.20 bits per heavy atom. The van der Waals surface area contributed by atoms with Gasteiger partial charge >= 0.3 is 0 Å². The van der Waals surface area contributed by atoms with Crippen LogP contribution in [0.25, 0.3) is 0 Å². The molecule has 1 N–H and O–H groups in total. The van der Waals surface area contributed by atoms with Gasteiger partial charge in [-0.3, -0.25) is 9.59 Å². The van der Waals surface area contributed by atoms with Gasteiger partial charge in [0.15, 0.2) is 5.78 Å². The average Bonchev–Trinajstić information content (AvgIpc) is 2.77. The zero-order valence-corrected chi connectivity index (χ0v) is 12.4. The Morgan fingerprint density at radius 3 is 2.75 bits per heavy atom. The van der Waals surface area contributed by atoms with Gasteiger partial charge in [0.1, 0.15) is 5.82 Å². The summed E-state index contributed by atoms with van der Waals surface area (Å²) in [5.74, 6) is -0.604. The first-order chi connectivity index (χ1) is 9.54. The van der Waals surface area contributed by atoms with Crippen LogP contribution in [0.3, 0.4) is 0 Å². The molecular formula is C15H9FINO2. The Hall–Kier alpha value is -1.76. The summed E-state index contributed by atoms with van der Waals surface area (Å²) >= 11 is 1.94. The summed E-state index contributed by atoms with van der Waals surface area (Å²) in [6.07, 6.45) is 0.289. The van der Waals surface area contributed by atoms with Crippen LogP contribution < -0.4 is 5.32 Å². The number of rotatable bonds is 2. The molecule has 0 radical (unpaired) electrons. The van der Waals surface area contributed by atoms with E-state index >= 15 is 0 Å². The van der Waals surface area contributed by atoms with Crippen molar-refractivity contribution in [3.63, 3.8) is 0 Å². The van der Waals surface area contributed by atoms with Crippen LogP contribution >= 0.6 is 22.6 Å². The topological polar surface area (TPSA) is 46.2 Å². The molecule has 5 heteroatoms. The van der Waals surface area contributed by atoms with Gasteiger partial charge in [0.2, 0.25) is 5.91 Å². The minimum absolute atomic E-state index is 0.0686. The normalized spacial score (nSPS) is 13.0. The fraction of sp³-hybridized carbons (Fsp3) is 0.0667. The second kappa shape index (κ2) is 4.97. The number of benzene rings is 2. The summed E-state index contributed by atoms with van der Waals surface area (Å²) in [6, 6.07) is 9.20. The molecule has 1 heterocycles. The van der Waals surface area contributed by atoms with E-state index in [1.54, 1.807) is 18.2 Å².